The molecule has 2 amide bonds. The van der Waals surface area contributed by atoms with Crippen LogP contribution in [0.2, 0.25) is 0 Å². The van der Waals surface area contributed by atoms with Crippen LogP contribution in [0.3, 0.4) is 0 Å². The molecule has 0 aliphatic heterocycles. The van der Waals surface area contributed by atoms with E-state index in [1.807, 2.05) is 6.92 Å². The fourth-order valence-electron chi connectivity index (χ4n) is 3.89. The van der Waals surface area contributed by atoms with Crippen LogP contribution in [0.1, 0.15) is 39.0 Å². The van der Waals surface area contributed by atoms with Gasteiger partial charge in [-0.25, -0.2) is 13.2 Å². The maximum absolute atomic E-state index is 13.9. The van der Waals surface area contributed by atoms with Crippen molar-refractivity contribution in [2.75, 3.05) is 16.7 Å². The molecule has 3 aromatic carbocycles. The number of aryl methyl sites for hydroxylation is 2. The monoisotopic (exact) mass is 520 g/mol. The summed E-state index contributed by atoms with van der Waals surface area (Å²) in [6.07, 6.45) is 0. The first-order valence-corrected chi connectivity index (χ1v) is 12.6. The summed E-state index contributed by atoms with van der Waals surface area (Å²) in [6.45, 7) is 4.78. The molecule has 0 spiro atoms. The van der Waals surface area contributed by atoms with Gasteiger partial charge in [-0.3, -0.25) is 9.59 Å². The number of fused-ring (bicyclic) bond motifs is 1. The third kappa shape index (κ3) is 4.96. The Morgan fingerprint density at radius 2 is 1.57 bits per heavy atom. The van der Waals surface area contributed by atoms with Crippen LogP contribution >= 0.6 is 0 Å². The highest BCUT2D eigenvalue weighted by molar-refractivity contribution is 7.93. The molecule has 0 atom stereocenters. The van der Waals surface area contributed by atoms with Crippen LogP contribution in [0.15, 0.2) is 76.0 Å². The van der Waals surface area contributed by atoms with Crippen LogP contribution in [0.25, 0.3) is 11.0 Å². The summed E-state index contributed by atoms with van der Waals surface area (Å²) in [7, 11) is -3.20. The summed E-state index contributed by atoms with van der Waals surface area (Å²) in [6, 6.07) is 16.3. The standard InChI is InChI=1S/C27H24N2O7S/c1-16-5-7-19(8-6-16)26(31)29(37(33,34)22-12-9-20(10-13-22)28-18(3)30)21-11-14-24-23(15-21)25(17(2)36-24)27(32)35-4/h5-15H,1-4H3,(H,28,30). The van der Waals surface area contributed by atoms with Gasteiger partial charge in [0.1, 0.15) is 16.9 Å². The lowest BCUT2D eigenvalue weighted by atomic mass is 10.1. The Kier molecular flexibility index (Phi) is 6.86. The van der Waals surface area contributed by atoms with Gasteiger partial charge in [0.15, 0.2) is 0 Å². The number of ether oxygens (including phenoxy) is 1. The molecule has 0 saturated heterocycles. The summed E-state index contributed by atoms with van der Waals surface area (Å²) in [5, 5.41) is 2.88. The van der Waals surface area contributed by atoms with E-state index in [2.05, 4.69) is 5.32 Å². The average molecular weight is 521 g/mol. The molecular formula is C27H24N2O7S. The second kappa shape index (κ2) is 9.90. The molecule has 1 heterocycles. The number of hydrogen-bond donors (Lipinski definition) is 1. The first-order valence-electron chi connectivity index (χ1n) is 11.2. The number of rotatable bonds is 6. The first kappa shape index (κ1) is 25.6. The highest BCUT2D eigenvalue weighted by Gasteiger charge is 2.33. The number of methoxy groups -OCH3 is 1. The molecule has 0 aliphatic carbocycles. The number of nitrogens with zero attached hydrogens (tertiary/aromatic N) is 1. The number of furan rings is 1. The fraction of sp³-hybridized carbons (Fsp3) is 0.148. The van der Waals surface area contributed by atoms with Gasteiger partial charge in [0, 0.05) is 23.6 Å². The topological polar surface area (TPSA) is 123 Å². The smallest absolute Gasteiger partial charge is 0.342 e. The van der Waals surface area contributed by atoms with E-state index in [9.17, 15) is 22.8 Å². The van der Waals surface area contributed by atoms with Gasteiger partial charge in [0.05, 0.1) is 17.7 Å². The molecule has 10 heteroatoms. The molecule has 0 fully saturated rings. The van der Waals surface area contributed by atoms with Crippen LogP contribution in [0, 0.1) is 13.8 Å². The van der Waals surface area contributed by atoms with Gasteiger partial charge < -0.3 is 14.5 Å². The lowest BCUT2D eigenvalue weighted by molar-refractivity contribution is -0.114. The Balaban J connectivity index is 1.90. The lowest BCUT2D eigenvalue weighted by Gasteiger charge is -2.23. The molecule has 1 N–H and O–H groups in total. The molecule has 0 saturated carbocycles. The number of hydrogen-bond acceptors (Lipinski definition) is 7. The molecule has 9 nitrogen and oxygen atoms in total. The summed E-state index contributed by atoms with van der Waals surface area (Å²) < 4.78 is 38.9. The molecule has 1 aromatic heterocycles. The van der Waals surface area contributed by atoms with Gasteiger partial charge in [0.25, 0.3) is 15.9 Å². The quantitative estimate of drug-likeness (QED) is 0.361. The van der Waals surface area contributed by atoms with E-state index in [-0.39, 0.29) is 27.6 Å². The zero-order chi connectivity index (χ0) is 26.9. The number of sulfonamides is 1. The summed E-state index contributed by atoms with van der Waals surface area (Å²) in [5.41, 5.74) is 1.94. The molecule has 4 aromatic rings. The van der Waals surface area contributed by atoms with E-state index in [1.54, 1.807) is 31.2 Å². The van der Waals surface area contributed by atoms with Crippen molar-refractivity contribution in [2.24, 2.45) is 0 Å². The molecule has 190 valence electrons. The van der Waals surface area contributed by atoms with Crippen molar-refractivity contribution in [1.29, 1.82) is 0 Å². The lowest BCUT2D eigenvalue weighted by Crippen LogP contribution is -2.37. The highest BCUT2D eigenvalue weighted by Crippen LogP contribution is 2.33. The van der Waals surface area contributed by atoms with Crippen LogP contribution in [0.4, 0.5) is 11.4 Å². The van der Waals surface area contributed by atoms with Crippen molar-refractivity contribution in [2.45, 2.75) is 25.7 Å². The van der Waals surface area contributed by atoms with Crippen LogP contribution in [-0.4, -0.2) is 33.3 Å². The van der Waals surface area contributed by atoms with Crippen LogP contribution < -0.4 is 9.62 Å². The summed E-state index contributed by atoms with van der Waals surface area (Å²) >= 11 is 0. The minimum atomic E-state index is -4.43. The number of amides is 2. The number of carbonyl (C=O) groups excluding carboxylic acids is 3. The van der Waals surface area contributed by atoms with E-state index in [0.717, 1.165) is 5.56 Å². The van der Waals surface area contributed by atoms with Gasteiger partial charge in [0.2, 0.25) is 5.91 Å². The number of anilines is 2. The van der Waals surface area contributed by atoms with Crippen LogP contribution in [0.5, 0.6) is 0 Å². The SMILES string of the molecule is COC(=O)c1c(C)oc2ccc(N(C(=O)c3ccc(C)cc3)S(=O)(=O)c3ccc(NC(C)=O)cc3)cc12. The van der Waals surface area contributed by atoms with Gasteiger partial charge in [-0.2, -0.15) is 4.31 Å². The number of esters is 1. The number of nitrogens with one attached hydrogen (secondary N) is 1. The van der Waals surface area contributed by atoms with E-state index in [1.165, 1.54) is 56.5 Å². The second-order valence-electron chi connectivity index (χ2n) is 8.35. The van der Waals surface area contributed by atoms with E-state index < -0.39 is 21.9 Å². The Hall–Kier alpha value is -4.44. The molecule has 37 heavy (non-hydrogen) atoms. The molecule has 0 unspecified atom stereocenters. The number of benzene rings is 3. The third-order valence-corrected chi connectivity index (χ3v) is 7.39. The minimum Gasteiger partial charge on any atom is -0.465 e. The van der Waals surface area contributed by atoms with Gasteiger partial charge in [-0.1, -0.05) is 17.7 Å². The fourth-order valence-corrected chi connectivity index (χ4v) is 5.29. The van der Waals surface area contributed by atoms with Gasteiger partial charge in [-0.05, 0) is 68.4 Å². The van der Waals surface area contributed by atoms with E-state index in [4.69, 9.17) is 9.15 Å². The zero-order valence-electron chi connectivity index (χ0n) is 20.6. The Morgan fingerprint density at radius 3 is 2.16 bits per heavy atom. The largest absolute Gasteiger partial charge is 0.465 e. The molecular weight excluding hydrogens is 496 g/mol. The maximum Gasteiger partial charge on any atom is 0.342 e. The molecule has 0 aliphatic rings. The Morgan fingerprint density at radius 1 is 0.919 bits per heavy atom. The van der Waals surface area contributed by atoms with Gasteiger partial charge in [-0.15, -0.1) is 0 Å². The van der Waals surface area contributed by atoms with Crippen molar-refractivity contribution < 1.29 is 32.0 Å². The average Bonchev–Trinajstić information content (AvgIpc) is 3.19. The van der Waals surface area contributed by atoms with Gasteiger partial charge >= 0.3 is 5.97 Å². The molecule has 0 radical (unpaired) electrons. The van der Waals surface area contributed by atoms with Crippen molar-refractivity contribution in [3.8, 4) is 0 Å². The predicted octanol–water partition coefficient (Wildman–Crippen LogP) is 4.83. The third-order valence-electron chi connectivity index (χ3n) is 5.67. The highest BCUT2D eigenvalue weighted by atomic mass is 32.2. The van der Waals surface area contributed by atoms with Crippen molar-refractivity contribution >= 4 is 50.2 Å². The van der Waals surface area contributed by atoms with Crippen molar-refractivity contribution in [3.63, 3.8) is 0 Å². The zero-order valence-corrected chi connectivity index (χ0v) is 21.4. The number of carbonyl (C=O) groups is 3. The van der Waals surface area contributed by atoms with Crippen molar-refractivity contribution in [1.82, 2.24) is 0 Å². The Bertz CT molecular complexity index is 1620. The second-order valence-corrected chi connectivity index (χ2v) is 10.1. The normalized spacial score (nSPS) is 11.2. The first-order chi connectivity index (χ1) is 17.5. The molecule has 0 bridgehead atoms. The minimum absolute atomic E-state index is 0.00923. The van der Waals surface area contributed by atoms with Crippen LogP contribution in [-0.2, 0) is 19.6 Å². The maximum atomic E-state index is 13.9. The predicted molar refractivity (Wildman–Crippen MR) is 138 cm³/mol. The van der Waals surface area contributed by atoms with E-state index >= 15 is 0 Å². The summed E-state index contributed by atoms with van der Waals surface area (Å²) in [4.78, 5) is 37.2. The summed E-state index contributed by atoms with van der Waals surface area (Å²) in [5.74, 6) is -1.45. The van der Waals surface area contributed by atoms with Crippen molar-refractivity contribution in [3.05, 3.63) is 89.2 Å². The molecule has 4 rings (SSSR count). The Labute approximate surface area is 213 Å². The van der Waals surface area contributed by atoms with E-state index in [0.29, 0.717) is 26.7 Å².